The van der Waals surface area contributed by atoms with E-state index in [-0.39, 0.29) is 17.1 Å². The molecule has 0 bridgehead atoms. The van der Waals surface area contributed by atoms with E-state index in [0.717, 1.165) is 0 Å². The van der Waals surface area contributed by atoms with E-state index in [1.165, 1.54) is 61.6 Å². The summed E-state index contributed by atoms with van der Waals surface area (Å²) < 4.78 is 0. The number of unbranched alkanes of at least 4 members (excludes halogenated alkanes) is 2. The predicted molar refractivity (Wildman–Crippen MR) is 90.7 cm³/mol. The molecule has 0 aliphatic rings. The summed E-state index contributed by atoms with van der Waals surface area (Å²) >= 11 is 0. The zero-order valence-corrected chi connectivity index (χ0v) is 14.9. The van der Waals surface area contributed by atoms with Crippen LogP contribution in [0.3, 0.4) is 0 Å². The predicted octanol–water partition coefficient (Wildman–Crippen LogP) is 6.06. The van der Waals surface area contributed by atoms with Crippen LogP contribution >= 0.6 is 0 Å². The molecule has 1 heteroatoms. The van der Waals surface area contributed by atoms with Crippen LogP contribution < -0.4 is 0 Å². The van der Waals surface area contributed by atoms with E-state index in [1.54, 1.807) is 0 Å². The van der Waals surface area contributed by atoms with E-state index in [2.05, 4.69) is 63.2 Å². The first-order valence-electron chi connectivity index (χ1n) is 8.25. The normalized spacial score (nSPS) is 9.67. The van der Waals surface area contributed by atoms with Gasteiger partial charge in [0.1, 0.15) is 0 Å². The van der Waals surface area contributed by atoms with Gasteiger partial charge >= 0.3 is 17.1 Å². The molecule has 0 heterocycles. The molecule has 2 rings (SSSR count). The van der Waals surface area contributed by atoms with Gasteiger partial charge in [-0.05, 0) is 0 Å². The van der Waals surface area contributed by atoms with Crippen LogP contribution in [-0.2, 0) is 36.3 Å². The SMILES string of the molecule is CCCCc1cc(CC)c[cH-]1.CCCCc1ccc[cH-]1.[Fe+2]. The van der Waals surface area contributed by atoms with E-state index in [4.69, 9.17) is 0 Å². The Morgan fingerprint density at radius 2 is 1.57 bits per heavy atom. The molecule has 0 unspecified atom stereocenters. The summed E-state index contributed by atoms with van der Waals surface area (Å²) in [7, 11) is 0. The molecule has 0 fully saturated rings. The third kappa shape index (κ3) is 8.96. The molecular formula is C20H30Fe. The molecule has 0 saturated carbocycles. The number of rotatable bonds is 7. The summed E-state index contributed by atoms with van der Waals surface area (Å²) in [5, 5.41) is 0. The summed E-state index contributed by atoms with van der Waals surface area (Å²) in [4.78, 5) is 0. The Bertz CT molecular complexity index is 422. The molecule has 0 atom stereocenters. The van der Waals surface area contributed by atoms with Crippen molar-refractivity contribution >= 4 is 0 Å². The molecule has 21 heavy (non-hydrogen) atoms. The van der Waals surface area contributed by atoms with Crippen LogP contribution in [0.4, 0.5) is 0 Å². The van der Waals surface area contributed by atoms with Crippen molar-refractivity contribution in [2.24, 2.45) is 0 Å². The van der Waals surface area contributed by atoms with E-state index in [0.29, 0.717) is 0 Å². The van der Waals surface area contributed by atoms with Crippen molar-refractivity contribution < 1.29 is 17.1 Å². The zero-order valence-electron chi connectivity index (χ0n) is 13.8. The first-order chi connectivity index (χ1) is 9.80. The molecule has 0 amide bonds. The third-order valence-corrected chi connectivity index (χ3v) is 3.66. The number of hydrogen-bond donors (Lipinski definition) is 0. The van der Waals surface area contributed by atoms with E-state index < -0.39 is 0 Å². The van der Waals surface area contributed by atoms with Crippen molar-refractivity contribution in [3.63, 3.8) is 0 Å². The Morgan fingerprint density at radius 1 is 0.905 bits per heavy atom. The summed E-state index contributed by atoms with van der Waals surface area (Å²) in [6.45, 7) is 6.67. The zero-order chi connectivity index (χ0) is 14.6. The van der Waals surface area contributed by atoms with Crippen LogP contribution in [0.1, 0.15) is 63.1 Å². The topological polar surface area (TPSA) is 0 Å². The first kappa shape index (κ1) is 20.2. The van der Waals surface area contributed by atoms with Crippen molar-refractivity contribution in [3.05, 3.63) is 59.2 Å². The maximum absolute atomic E-state index is 2.33. The van der Waals surface area contributed by atoms with Gasteiger partial charge in [-0.25, -0.2) is 18.2 Å². The van der Waals surface area contributed by atoms with Crippen molar-refractivity contribution in [3.8, 4) is 0 Å². The fraction of sp³-hybridized carbons (Fsp3) is 0.500. The van der Waals surface area contributed by atoms with Gasteiger partial charge < -0.3 is 0 Å². The van der Waals surface area contributed by atoms with E-state index >= 15 is 0 Å². The van der Waals surface area contributed by atoms with Gasteiger partial charge in [-0.15, -0.1) is 0 Å². The smallest absolute Gasteiger partial charge is 0.213 e. The quantitative estimate of drug-likeness (QED) is 0.429. The van der Waals surface area contributed by atoms with Gasteiger partial charge in [-0.2, -0.15) is 41.0 Å². The summed E-state index contributed by atoms with van der Waals surface area (Å²) in [6, 6.07) is 15.4. The summed E-state index contributed by atoms with van der Waals surface area (Å²) in [6.07, 6.45) is 8.93. The molecular weight excluding hydrogens is 296 g/mol. The van der Waals surface area contributed by atoms with Crippen LogP contribution in [0.15, 0.2) is 42.5 Å². The van der Waals surface area contributed by atoms with E-state index in [9.17, 15) is 0 Å². The molecule has 0 aliphatic carbocycles. The average molecular weight is 326 g/mol. The fourth-order valence-corrected chi connectivity index (χ4v) is 2.27. The van der Waals surface area contributed by atoms with Gasteiger partial charge in [0, 0.05) is 0 Å². The minimum Gasteiger partial charge on any atom is -0.213 e. The van der Waals surface area contributed by atoms with Crippen LogP contribution in [0.5, 0.6) is 0 Å². The maximum Gasteiger partial charge on any atom is 2.00 e. The molecule has 2 aromatic carbocycles. The monoisotopic (exact) mass is 326 g/mol. The fourth-order valence-electron chi connectivity index (χ4n) is 2.27. The Kier molecular flexibility index (Phi) is 12.4. The second-order valence-electron chi connectivity index (χ2n) is 5.48. The Morgan fingerprint density at radius 3 is 2.05 bits per heavy atom. The molecule has 0 aliphatic heterocycles. The minimum absolute atomic E-state index is 0. The Balaban J connectivity index is 0.000000370. The van der Waals surface area contributed by atoms with Crippen molar-refractivity contribution in [1.29, 1.82) is 0 Å². The molecule has 0 spiro atoms. The third-order valence-electron chi connectivity index (χ3n) is 3.66. The molecule has 0 nitrogen and oxygen atoms in total. The van der Waals surface area contributed by atoms with Gasteiger partial charge in [0.2, 0.25) is 0 Å². The first-order valence-corrected chi connectivity index (χ1v) is 8.25. The van der Waals surface area contributed by atoms with Crippen LogP contribution in [0, 0.1) is 0 Å². The molecule has 118 valence electrons. The van der Waals surface area contributed by atoms with Crippen molar-refractivity contribution in [2.75, 3.05) is 0 Å². The Labute approximate surface area is 142 Å². The number of hydrogen-bond acceptors (Lipinski definition) is 0. The molecule has 0 N–H and O–H groups in total. The molecule has 0 radical (unpaired) electrons. The van der Waals surface area contributed by atoms with Crippen molar-refractivity contribution in [1.82, 2.24) is 0 Å². The second kappa shape index (κ2) is 12.9. The van der Waals surface area contributed by atoms with Crippen LogP contribution in [-0.4, -0.2) is 0 Å². The van der Waals surface area contributed by atoms with Gasteiger partial charge in [0.05, 0.1) is 0 Å². The molecule has 2 aromatic rings. The minimum atomic E-state index is 0. The Hall–Kier alpha value is -0.781. The van der Waals surface area contributed by atoms with Gasteiger partial charge in [-0.3, -0.25) is 0 Å². The standard InChI is InChI=1S/C11H17.C9H13.Fe/c1-3-5-6-11-8-7-10(4-2)9-11;1-2-3-6-9-7-4-5-8-9;/h7-9H,3-6H2,1-2H3;4-5,7-8H,2-3,6H2,1H3;/q2*-1;+2. The van der Waals surface area contributed by atoms with Crippen LogP contribution in [0.25, 0.3) is 0 Å². The largest absolute Gasteiger partial charge is 2.00 e. The number of aryl methyl sites for hydroxylation is 3. The van der Waals surface area contributed by atoms with Gasteiger partial charge in [0.15, 0.2) is 0 Å². The van der Waals surface area contributed by atoms with E-state index in [1.807, 2.05) is 0 Å². The second-order valence-corrected chi connectivity index (χ2v) is 5.48. The summed E-state index contributed by atoms with van der Waals surface area (Å²) in [5.74, 6) is 0. The summed E-state index contributed by atoms with van der Waals surface area (Å²) in [5.41, 5.74) is 4.48. The molecule has 0 aromatic heterocycles. The maximum atomic E-state index is 2.33. The average Bonchev–Trinajstić information content (AvgIpc) is 3.14. The van der Waals surface area contributed by atoms with Crippen molar-refractivity contribution in [2.45, 2.75) is 65.7 Å². The van der Waals surface area contributed by atoms with Gasteiger partial charge in [-0.1, -0.05) is 65.7 Å². The van der Waals surface area contributed by atoms with Crippen LogP contribution in [0.2, 0.25) is 0 Å². The molecule has 0 saturated heterocycles. The van der Waals surface area contributed by atoms with Gasteiger partial charge in [0.25, 0.3) is 0 Å².